The van der Waals surface area contributed by atoms with Crippen molar-refractivity contribution in [3.05, 3.63) is 56.3 Å². The van der Waals surface area contributed by atoms with E-state index in [1.165, 1.54) is 10.9 Å². The number of nitro groups is 1. The Balaban J connectivity index is 2.03. The molecule has 0 aliphatic carbocycles. The van der Waals surface area contributed by atoms with Crippen molar-refractivity contribution in [2.45, 2.75) is 13.8 Å². The Kier molecular flexibility index (Phi) is 5.18. The third-order valence-corrected chi connectivity index (χ3v) is 4.07. The Morgan fingerprint density at radius 2 is 2.05 bits per heavy atom. The summed E-state index contributed by atoms with van der Waals surface area (Å²) in [5, 5.41) is 18.1. The molecule has 2 aromatic rings. The first-order chi connectivity index (χ1) is 10.5. The van der Waals surface area contributed by atoms with E-state index < -0.39 is 4.92 Å². The normalized spacial score (nSPS) is 11.1. The van der Waals surface area contributed by atoms with Gasteiger partial charge in [-0.15, -0.1) is 11.3 Å². The van der Waals surface area contributed by atoms with Gasteiger partial charge >= 0.3 is 0 Å². The summed E-state index contributed by atoms with van der Waals surface area (Å²) < 4.78 is 0. The molecule has 114 valence electrons. The van der Waals surface area contributed by atoms with Crippen LogP contribution in [0.15, 0.2) is 41.5 Å². The summed E-state index contributed by atoms with van der Waals surface area (Å²) in [6, 6.07) is 10.3. The molecule has 0 atom stereocenters. The summed E-state index contributed by atoms with van der Waals surface area (Å²) in [5.41, 5.74) is 3.78. The van der Waals surface area contributed by atoms with Crippen molar-refractivity contribution in [3.63, 3.8) is 0 Å². The zero-order chi connectivity index (χ0) is 16.1. The summed E-state index contributed by atoms with van der Waals surface area (Å²) in [4.78, 5) is 12.7. The molecule has 0 aliphatic rings. The van der Waals surface area contributed by atoms with E-state index in [-0.39, 0.29) is 10.8 Å². The Bertz CT molecular complexity index is 740. The van der Waals surface area contributed by atoms with Crippen LogP contribution in [-0.2, 0) is 0 Å². The first-order valence-corrected chi connectivity index (χ1v) is 7.61. The van der Waals surface area contributed by atoms with E-state index in [0.717, 1.165) is 10.6 Å². The Morgan fingerprint density at radius 3 is 2.68 bits per heavy atom. The summed E-state index contributed by atoms with van der Waals surface area (Å²) in [6.07, 6.45) is 0. The minimum absolute atomic E-state index is 0.0405. The number of nitrogens with one attached hydrogen (secondary N) is 2. The van der Waals surface area contributed by atoms with E-state index >= 15 is 0 Å². The van der Waals surface area contributed by atoms with Crippen molar-refractivity contribution in [1.82, 2.24) is 5.43 Å². The van der Waals surface area contributed by atoms with Gasteiger partial charge in [0, 0.05) is 10.9 Å². The number of hydrazone groups is 1. The van der Waals surface area contributed by atoms with Gasteiger partial charge < -0.3 is 5.32 Å². The van der Waals surface area contributed by atoms with Crippen LogP contribution in [0, 0.1) is 17.0 Å². The van der Waals surface area contributed by atoms with E-state index in [4.69, 9.17) is 12.2 Å². The second-order valence-electron chi connectivity index (χ2n) is 4.45. The molecule has 1 aromatic carbocycles. The molecule has 0 saturated carbocycles. The minimum atomic E-state index is -0.464. The number of aryl methyl sites for hydroxylation is 1. The monoisotopic (exact) mass is 334 g/mol. The van der Waals surface area contributed by atoms with Gasteiger partial charge in [-0.05, 0) is 44.3 Å². The van der Waals surface area contributed by atoms with Crippen LogP contribution in [0.3, 0.4) is 0 Å². The molecule has 0 radical (unpaired) electrons. The highest BCUT2D eigenvalue weighted by atomic mass is 32.1. The number of hydrogen-bond donors (Lipinski definition) is 2. The van der Waals surface area contributed by atoms with Gasteiger partial charge in [0.2, 0.25) is 0 Å². The topological polar surface area (TPSA) is 79.6 Å². The Labute approximate surface area is 137 Å². The summed E-state index contributed by atoms with van der Waals surface area (Å²) in [5.74, 6) is 0. The maximum atomic E-state index is 10.9. The quantitative estimate of drug-likeness (QED) is 0.386. The third-order valence-electron chi connectivity index (χ3n) is 2.77. The largest absolute Gasteiger partial charge is 0.326 e. The van der Waals surface area contributed by atoms with Gasteiger partial charge in [0.15, 0.2) is 5.11 Å². The second kappa shape index (κ2) is 7.10. The molecular weight excluding hydrogens is 320 g/mol. The Morgan fingerprint density at radius 1 is 1.32 bits per heavy atom. The number of hydrogen-bond acceptors (Lipinski definition) is 5. The van der Waals surface area contributed by atoms with Crippen LogP contribution in [0.5, 0.6) is 0 Å². The zero-order valence-corrected chi connectivity index (χ0v) is 13.6. The molecule has 0 unspecified atom stereocenters. The smallest absolute Gasteiger partial charge is 0.292 e. The first-order valence-electron chi connectivity index (χ1n) is 6.39. The molecule has 1 heterocycles. The van der Waals surface area contributed by atoms with Crippen molar-refractivity contribution >= 4 is 45.8 Å². The van der Waals surface area contributed by atoms with Crippen LogP contribution >= 0.6 is 23.6 Å². The van der Waals surface area contributed by atoms with Crippen LogP contribution in [0.25, 0.3) is 0 Å². The second-order valence-corrected chi connectivity index (χ2v) is 6.14. The number of para-hydroxylation sites is 2. The lowest BCUT2D eigenvalue weighted by Gasteiger charge is -2.08. The van der Waals surface area contributed by atoms with Gasteiger partial charge in [0.25, 0.3) is 5.69 Å². The molecule has 8 heteroatoms. The standard InChI is InChI=1S/C14H14N4O2S2/c1-9-7-8-13(22-9)10(2)16-17-14(21)15-11-5-3-4-6-12(11)18(19)20/h3-8H,1-2H3,(H2,15,17,21)/b16-10-. The van der Waals surface area contributed by atoms with Gasteiger partial charge in [0.05, 0.1) is 15.5 Å². The lowest BCUT2D eigenvalue weighted by molar-refractivity contribution is -0.383. The predicted octanol–water partition coefficient (Wildman–Crippen LogP) is 3.68. The predicted molar refractivity (Wildman–Crippen MR) is 93.7 cm³/mol. The molecular formula is C14H14N4O2S2. The van der Waals surface area contributed by atoms with Gasteiger partial charge in [-0.3, -0.25) is 15.5 Å². The van der Waals surface area contributed by atoms with Crippen molar-refractivity contribution in [2.75, 3.05) is 5.32 Å². The van der Waals surface area contributed by atoms with E-state index in [1.807, 2.05) is 26.0 Å². The zero-order valence-electron chi connectivity index (χ0n) is 12.0. The van der Waals surface area contributed by atoms with Crippen LogP contribution in [0.4, 0.5) is 11.4 Å². The fraction of sp³-hybridized carbons (Fsp3) is 0.143. The van der Waals surface area contributed by atoms with Crippen LogP contribution < -0.4 is 10.7 Å². The lowest BCUT2D eigenvalue weighted by Crippen LogP contribution is -2.25. The molecule has 0 spiro atoms. The van der Waals surface area contributed by atoms with Crippen molar-refractivity contribution in [3.8, 4) is 0 Å². The number of rotatable bonds is 4. The molecule has 0 bridgehead atoms. The SMILES string of the molecule is C/C(=N/NC(=S)Nc1ccccc1[N+](=O)[O-])c1ccc(C)s1. The van der Waals surface area contributed by atoms with Crippen molar-refractivity contribution in [2.24, 2.45) is 5.10 Å². The molecule has 1 aromatic heterocycles. The molecule has 0 amide bonds. The highest BCUT2D eigenvalue weighted by Crippen LogP contribution is 2.23. The Hall–Kier alpha value is -2.32. The number of thiocarbonyl (C=S) groups is 1. The minimum Gasteiger partial charge on any atom is -0.326 e. The van der Waals surface area contributed by atoms with Gasteiger partial charge in [-0.2, -0.15) is 5.10 Å². The van der Waals surface area contributed by atoms with Crippen molar-refractivity contribution < 1.29 is 4.92 Å². The van der Waals surface area contributed by atoms with Crippen LogP contribution in [-0.4, -0.2) is 15.7 Å². The average Bonchev–Trinajstić information content (AvgIpc) is 2.92. The molecule has 0 saturated heterocycles. The van der Waals surface area contributed by atoms with Gasteiger partial charge in [-0.1, -0.05) is 12.1 Å². The van der Waals surface area contributed by atoms with Crippen LogP contribution in [0.1, 0.15) is 16.7 Å². The summed E-state index contributed by atoms with van der Waals surface area (Å²) in [6.45, 7) is 3.89. The molecule has 22 heavy (non-hydrogen) atoms. The van der Waals surface area contributed by atoms with E-state index in [0.29, 0.717) is 5.69 Å². The highest BCUT2D eigenvalue weighted by molar-refractivity contribution is 7.80. The summed E-state index contributed by atoms with van der Waals surface area (Å²) >= 11 is 6.74. The number of nitrogens with zero attached hydrogens (tertiary/aromatic N) is 2. The fourth-order valence-corrected chi connectivity index (χ4v) is 2.68. The summed E-state index contributed by atoms with van der Waals surface area (Å²) in [7, 11) is 0. The maximum absolute atomic E-state index is 10.9. The maximum Gasteiger partial charge on any atom is 0.292 e. The number of benzene rings is 1. The van der Waals surface area contributed by atoms with E-state index in [2.05, 4.69) is 15.8 Å². The molecule has 0 aliphatic heterocycles. The highest BCUT2D eigenvalue weighted by Gasteiger charge is 2.13. The molecule has 0 fully saturated rings. The van der Waals surface area contributed by atoms with E-state index in [9.17, 15) is 10.1 Å². The van der Waals surface area contributed by atoms with Gasteiger partial charge in [-0.25, -0.2) is 0 Å². The average molecular weight is 334 g/mol. The molecule has 2 N–H and O–H groups in total. The van der Waals surface area contributed by atoms with Gasteiger partial charge in [0.1, 0.15) is 5.69 Å². The van der Waals surface area contributed by atoms with E-state index in [1.54, 1.807) is 29.5 Å². The number of thiophene rings is 1. The molecule has 2 rings (SSSR count). The lowest BCUT2D eigenvalue weighted by atomic mass is 10.3. The molecule has 6 nitrogen and oxygen atoms in total. The number of nitro benzene ring substituents is 1. The number of anilines is 1. The fourth-order valence-electron chi connectivity index (χ4n) is 1.71. The van der Waals surface area contributed by atoms with Crippen LogP contribution in [0.2, 0.25) is 0 Å². The first kappa shape index (κ1) is 16.1. The third kappa shape index (κ3) is 4.09. The van der Waals surface area contributed by atoms with Crippen molar-refractivity contribution in [1.29, 1.82) is 0 Å².